The van der Waals surface area contributed by atoms with Gasteiger partial charge in [0, 0.05) is 6.54 Å². The van der Waals surface area contributed by atoms with E-state index in [9.17, 15) is 4.39 Å². The zero-order valence-electron chi connectivity index (χ0n) is 8.07. The van der Waals surface area contributed by atoms with Crippen molar-refractivity contribution in [3.05, 3.63) is 29.6 Å². The number of phenols is 1. The molecule has 1 heterocycles. The number of hydrogen-bond donors (Lipinski definition) is 2. The van der Waals surface area contributed by atoms with Gasteiger partial charge < -0.3 is 15.2 Å². The third-order valence-electron chi connectivity index (χ3n) is 2.30. The van der Waals surface area contributed by atoms with Crippen LogP contribution < -0.4 is 5.32 Å². The molecule has 2 rings (SSSR count). The zero-order valence-corrected chi connectivity index (χ0v) is 8.89. The Morgan fingerprint density at radius 3 is 2.87 bits per heavy atom. The van der Waals surface area contributed by atoms with Gasteiger partial charge in [-0.1, -0.05) is 6.07 Å². The fraction of sp³-hybridized carbons (Fsp3) is 0.400. The smallest absolute Gasteiger partial charge is 0.165 e. The number of hydrogen-bond acceptors (Lipinski definition) is 3. The summed E-state index contributed by atoms with van der Waals surface area (Å²) in [6.07, 6.45) is 0. The summed E-state index contributed by atoms with van der Waals surface area (Å²) in [5.74, 6) is -0.902. The first-order valence-electron chi connectivity index (χ1n) is 4.57. The minimum absolute atomic E-state index is 0. The molecule has 0 saturated carbocycles. The Labute approximate surface area is 93.7 Å². The zero-order chi connectivity index (χ0) is 9.97. The van der Waals surface area contributed by atoms with Gasteiger partial charge in [-0.3, -0.25) is 0 Å². The van der Waals surface area contributed by atoms with Crippen LogP contribution in [0.4, 0.5) is 4.39 Å². The van der Waals surface area contributed by atoms with Gasteiger partial charge in [-0.25, -0.2) is 4.39 Å². The van der Waals surface area contributed by atoms with Gasteiger partial charge in [0.25, 0.3) is 0 Å². The number of halogens is 2. The van der Waals surface area contributed by atoms with Crippen LogP contribution in [0.3, 0.4) is 0 Å². The van der Waals surface area contributed by atoms with Gasteiger partial charge in [-0.2, -0.15) is 0 Å². The van der Waals surface area contributed by atoms with Crippen LogP contribution in [0.5, 0.6) is 5.75 Å². The number of ether oxygens (including phenoxy) is 1. The van der Waals surface area contributed by atoms with E-state index < -0.39 is 5.82 Å². The summed E-state index contributed by atoms with van der Waals surface area (Å²) < 4.78 is 18.3. The molecule has 2 N–H and O–H groups in total. The van der Waals surface area contributed by atoms with Crippen molar-refractivity contribution in [1.29, 1.82) is 0 Å². The van der Waals surface area contributed by atoms with Gasteiger partial charge in [0.15, 0.2) is 11.6 Å². The molecule has 1 fully saturated rings. The van der Waals surface area contributed by atoms with Crippen molar-refractivity contribution in [2.75, 3.05) is 19.8 Å². The monoisotopic (exact) mass is 233 g/mol. The second kappa shape index (κ2) is 5.30. The fourth-order valence-corrected chi connectivity index (χ4v) is 1.52. The fourth-order valence-electron chi connectivity index (χ4n) is 1.52. The van der Waals surface area contributed by atoms with Gasteiger partial charge in [-0.15, -0.1) is 12.4 Å². The highest BCUT2D eigenvalue weighted by Crippen LogP contribution is 2.21. The Morgan fingerprint density at radius 2 is 2.27 bits per heavy atom. The van der Waals surface area contributed by atoms with Crippen molar-refractivity contribution in [3.8, 4) is 5.75 Å². The first kappa shape index (κ1) is 12.2. The van der Waals surface area contributed by atoms with Crippen LogP contribution in [0.2, 0.25) is 0 Å². The molecule has 0 aromatic heterocycles. The molecule has 1 aliphatic heterocycles. The third kappa shape index (κ3) is 2.81. The highest BCUT2D eigenvalue weighted by atomic mass is 35.5. The highest BCUT2D eigenvalue weighted by molar-refractivity contribution is 5.85. The molecular formula is C10H13ClFNO2. The molecule has 1 aromatic rings. The molecule has 15 heavy (non-hydrogen) atoms. The van der Waals surface area contributed by atoms with Gasteiger partial charge in [0.2, 0.25) is 0 Å². The molecule has 0 spiro atoms. The second-order valence-electron chi connectivity index (χ2n) is 3.29. The van der Waals surface area contributed by atoms with Crippen LogP contribution in [0, 0.1) is 5.82 Å². The number of phenolic OH excluding ortho intramolecular Hbond substituents is 1. The number of nitrogens with one attached hydrogen (secondary N) is 1. The summed E-state index contributed by atoms with van der Waals surface area (Å²) in [5.41, 5.74) is 0.806. The van der Waals surface area contributed by atoms with E-state index in [-0.39, 0.29) is 24.2 Å². The number of benzene rings is 1. The molecule has 0 amide bonds. The van der Waals surface area contributed by atoms with E-state index in [2.05, 4.69) is 5.32 Å². The van der Waals surface area contributed by atoms with Gasteiger partial charge in [-0.05, 0) is 17.7 Å². The standard InChI is InChI=1S/C10H12FNO2.ClH/c11-8-5-7(1-2-10(8)13)9-6-14-4-3-12-9;/h1-2,5,9,12-13H,3-4,6H2;1H/t9-;/m1./s1. The Balaban J connectivity index is 0.00000112. The molecular weight excluding hydrogens is 221 g/mol. The van der Waals surface area contributed by atoms with E-state index >= 15 is 0 Å². The number of rotatable bonds is 1. The predicted molar refractivity (Wildman–Crippen MR) is 56.9 cm³/mol. The lowest BCUT2D eigenvalue weighted by molar-refractivity contribution is 0.0767. The maximum absolute atomic E-state index is 13.0. The van der Waals surface area contributed by atoms with Crippen LogP contribution in [-0.4, -0.2) is 24.9 Å². The molecule has 0 unspecified atom stereocenters. The molecule has 0 bridgehead atoms. The van der Waals surface area contributed by atoms with E-state index in [1.165, 1.54) is 12.1 Å². The average Bonchev–Trinajstić information content (AvgIpc) is 2.23. The Kier molecular flexibility index (Phi) is 4.32. The van der Waals surface area contributed by atoms with Crippen molar-refractivity contribution < 1.29 is 14.2 Å². The van der Waals surface area contributed by atoms with Gasteiger partial charge in [0.1, 0.15) is 0 Å². The van der Waals surface area contributed by atoms with Crippen LogP contribution in [0.1, 0.15) is 11.6 Å². The van der Waals surface area contributed by atoms with Crippen LogP contribution >= 0.6 is 12.4 Å². The lowest BCUT2D eigenvalue weighted by Gasteiger charge is -2.24. The number of morpholine rings is 1. The highest BCUT2D eigenvalue weighted by Gasteiger charge is 2.16. The summed E-state index contributed by atoms with van der Waals surface area (Å²) >= 11 is 0. The van der Waals surface area contributed by atoms with Gasteiger partial charge in [0.05, 0.1) is 19.3 Å². The first-order chi connectivity index (χ1) is 6.77. The quantitative estimate of drug-likeness (QED) is 0.775. The lowest BCUT2D eigenvalue weighted by Crippen LogP contribution is -2.34. The summed E-state index contributed by atoms with van der Waals surface area (Å²) in [4.78, 5) is 0. The van der Waals surface area contributed by atoms with Crippen LogP contribution in [0.25, 0.3) is 0 Å². The predicted octanol–water partition coefficient (Wildman–Crippen LogP) is 1.61. The summed E-state index contributed by atoms with van der Waals surface area (Å²) in [7, 11) is 0. The van der Waals surface area contributed by atoms with Crippen molar-refractivity contribution >= 4 is 12.4 Å². The first-order valence-corrected chi connectivity index (χ1v) is 4.57. The van der Waals surface area contributed by atoms with Crippen molar-refractivity contribution in [2.24, 2.45) is 0 Å². The summed E-state index contributed by atoms with van der Waals surface area (Å²) in [6.45, 7) is 2.01. The van der Waals surface area contributed by atoms with E-state index in [0.717, 1.165) is 12.1 Å². The Morgan fingerprint density at radius 1 is 1.47 bits per heavy atom. The third-order valence-corrected chi connectivity index (χ3v) is 2.30. The van der Waals surface area contributed by atoms with Gasteiger partial charge >= 0.3 is 0 Å². The summed E-state index contributed by atoms with van der Waals surface area (Å²) in [6, 6.07) is 4.42. The van der Waals surface area contributed by atoms with Crippen molar-refractivity contribution in [1.82, 2.24) is 5.32 Å². The minimum Gasteiger partial charge on any atom is -0.505 e. The molecule has 1 aromatic carbocycles. The van der Waals surface area contributed by atoms with E-state index in [4.69, 9.17) is 9.84 Å². The Hall–Kier alpha value is -0.840. The average molecular weight is 234 g/mol. The van der Waals surface area contributed by atoms with Crippen molar-refractivity contribution in [3.63, 3.8) is 0 Å². The van der Waals surface area contributed by atoms with Crippen LogP contribution in [-0.2, 0) is 4.74 Å². The van der Waals surface area contributed by atoms with E-state index in [0.29, 0.717) is 13.2 Å². The van der Waals surface area contributed by atoms with E-state index in [1.54, 1.807) is 6.07 Å². The number of aromatic hydroxyl groups is 1. The molecule has 1 atom stereocenters. The summed E-state index contributed by atoms with van der Waals surface area (Å²) in [5, 5.41) is 12.2. The molecule has 1 saturated heterocycles. The molecule has 5 heteroatoms. The normalized spacial score (nSPS) is 20.7. The molecule has 84 valence electrons. The molecule has 1 aliphatic rings. The van der Waals surface area contributed by atoms with Crippen molar-refractivity contribution in [2.45, 2.75) is 6.04 Å². The van der Waals surface area contributed by atoms with Crippen LogP contribution in [0.15, 0.2) is 18.2 Å². The lowest BCUT2D eigenvalue weighted by atomic mass is 10.1. The van der Waals surface area contributed by atoms with E-state index in [1.807, 2.05) is 0 Å². The SMILES string of the molecule is Cl.Oc1ccc([C@H]2COCCN2)cc1F. The Bertz CT molecular complexity index is 329. The second-order valence-corrected chi connectivity index (χ2v) is 3.29. The topological polar surface area (TPSA) is 41.5 Å². The maximum Gasteiger partial charge on any atom is 0.165 e. The largest absolute Gasteiger partial charge is 0.505 e. The maximum atomic E-state index is 13.0. The molecule has 3 nitrogen and oxygen atoms in total. The molecule has 0 aliphatic carbocycles. The minimum atomic E-state index is -0.588. The molecule has 0 radical (unpaired) electrons.